The summed E-state index contributed by atoms with van der Waals surface area (Å²) in [4.78, 5) is 10.9. The summed E-state index contributed by atoms with van der Waals surface area (Å²) in [5, 5.41) is 17.6. The van der Waals surface area contributed by atoms with Crippen molar-refractivity contribution in [2.24, 2.45) is 5.73 Å². The van der Waals surface area contributed by atoms with Crippen LogP contribution in [0.4, 0.5) is 13.2 Å². The smallest absolute Gasteiger partial charge is 0.416 e. The lowest BCUT2D eigenvalue weighted by Crippen LogP contribution is -2.22. The first kappa shape index (κ1) is 14.5. The Morgan fingerprint density at radius 2 is 2.00 bits per heavy atom. The second-order valence-corrected chi connectivity index (χ2v) is 3.69. The summed E-state index contributed by atoms with van der Waals surface area (Å²) in [7, 11) is 0. The van der Waals surface area contributed by atoms with E-state index in [1.807, 2.05) is 0 Å². The van der Waals surface area contributed by atoms with E-state index in [1.54, 1.807) is 0 Å². The van der Waals surface area contributed by atoms with Gasteiger partial charge in [0, 0.05) is 12.6 Å². The number of halogens is 3. The number of carboxylic acids is 1. The quantitative estimate of drug-likeness (QED) is 0.773. The van der Waals surface area contributed by atoms with Gasteiger partial charge in [-0.2, -0.15) is 13.2 Å². The number of aliphatic hydroxyl groups is 1. The van der Waals surface area contributed by atoms with Crippen LogP contribution < -0.4 is 5.73 Å². The zero-order valence-electron chi connectivity index (χ0n) is 9.24. The fourth-order valence-corrected chi connectivity index (χ4v) is 1.68. The van der Waals surface area contributed by atoms with E-state index in [1.165, 1.54) is 0 Å². The predicted molar refractivity (Wildman–Crippen MR) is 57.0 cm³/mol. The number of carbonyl (C=O) groups is 1. The van der Waals surface area contributed by atoms with Crippen molar-refractivity contribution in [3.05, 3.63) is 34.9 Å². The number of hydrogen-bond acceptors (Lipinski definition) is 3. The molecule has 0 fully saturated rings. The second kappa shape index (κ2) is 5.36. The first-order valence-electron chi connectivity index (χ1n) is 5.09. The highest BCUT2D eigenvalue weighted by atomic mass is 19.4. The molecule has 1 rings (SSSR count). The lowest BCUT2D eigenvalue weighted by molar-refractivity contribution is -0.138. The van der Waals surface area contributed by atoms with Crippen LogP contribution in [0.3, 0.4) is 0 Å². The molecule has 0 radical (unpaired) electrons. The third-order valence-corrected chi connectivity index (χ3v) is 2.45. The van der Waals surface area contributed by atoms with Gasteiger partial charge in [0.2, 0.25) is 0 Å². The van der Waals surface area contributed by atoms with E-state index in [-0.39, 0.29) is 6.42 Å². The molecule has 0 amide bonds. The SMILES string of the molecule is N[C@@H](CCO)c1c(C(=O)O)cccc1C(F)(F)F. The largest absolute Gasteiger partial charge is 0.478 e. The summed E-state index contributed by atoms with van der Waals surface area (Å²) in [5.74, 6) is -1.48. The van der Waals surface area contributed by atoms with Gasteiger partial charge < -0.3 is 15.9 Å². The van der Waals surface area contributed by atoms with Crippen molar-refractivity contribution >= 4 is 5.97 Å². The van der Waals surface area contributed by atoms with Crippen LogP contribution in [0, 0.1) is 0 Å². The van der Waals surface area contributed by atoms with Crippen LogP contribution in [-0.4, -0.2) is 22.8 Å². The average molecular weight is 263 g/mol. The number of alkyl halides is 3. The number of carboxylic acid groups (broad SMARTS) is 1. The van der Waals surface area contributed by atoms with Crippen molar-refractivity contribution in [3.63, 3.8) is 0 Å². The second-order valence-electron chi connectivity index (χ2n) is 3.69. The Kier molecular flexibility index (Phi) is 4.31. The molecule has 0 aliphatic carbocycles. The maximum atomic E-state index is 12.8. The molecule has 0 bridgehead atoms. The zero-order chi connectivity index (χ0) is 13.9. The number of rotatable bonds is 4. The minimum absolute atomic E-state index is 0.145. The van der Waals surface area contributed by atoms with Crippen molar-refractivity contribution < 1.29 is 28.2 Å². The van der Waals surface area contributed by atoms with Crippen molar-refractivity contribution in [2.45, 2.75) is 18.6 Å². The van der Waals surface area contributed by atoms with Crippen molar-refractivity contribution in [1.82, 2.24) is 0 Å². The molecule has 18 heavy (non-hydrogen) atoms. The number of nitrogens with two attached hydrogens (primary N) is 1. The van der Waals surface area contributed by atoms with Crippen LogP contribution in [0.15, 0.2) is 18.2 Å². The molecule has 0 aromatic heterocycles. The molecule has 1 aromatic rings. The van der Waals surface area contributed by atoms with Gasteiger partial charge in [0.15, 0.2) is 0 Å². The lowest BCUT2D eigenvalue weighted by Gasteiger charge is -2.19. The first-order valence-corrected chi connectivity index (χ1v) is 5.09. The highest BCUT2D eigenvalue weighted by Gasteiger charge is 2.36. The van der Waals surface area contributed by atoms with Crippen LogP contribution in [0.5, 0.6) is 0 Å². The topological polar surface area (TPSA) is 83.5 Å². The van der Waals surface area contributed by atoms with E-state index >= 15 is 0 Å². The van der Waals surface area contributed by atoms with Crippen LogP contribution in [0.2, 0.25) is 0 Å². The first-order chi connectivity index (χ1) is 8.29. The monoisotopic (exact) mass is 263 g/mol. The Balaban J connectivity index is 3.44. The van der Waals surface area contributed by atoms with E-state index in [0.717, 1.165) is 18.2 Å². The number of hydrogen-bond donors (Lipinski definition) is 3. The molecule has 0 spiro atoms. The van der Waals surface area contributed by atoms with E-state index in [9.17, 15) is 18.0 Å². The molecule has 7 heteroatoms. The van der Waals surface area contributed by atoms with Gasteiger partial charge in [0.05, 0.1) is 11.1 Å². The Bertz CT molecular complexity index is 446. The summed E-state index contributed by atoms with van der Waals surface area (Å²) in [6, 6.07) is 1.67. The normalized spacial score (nSPS) is 13.4. The minimum Gasteiger partial charge on any atom is -0.478 e. The van der Waals surface area contributed by atoms with Gasteiger partial charge in [-0.25, -0.2) is 4.79 Å². The molecular formula is C11H12F3NO3. The van der Waals surface area contributed by atoms with Crippen LogP contribution in [0.1, 0.15) is 33.9 Å². The van der Waals surface area contributed by atoms with E-state index in [2.05, 4.69) is 0 Å². The fraction of sp³-hybridized carbons (Fsp3) is 0.364. The van der Waals surface area contributed by atoms with Gasteiger partial charge in [-0.15, -0.1) is 0 Å². The maximum absolute atomic E-state index is 12.8. The summed E-state index contributed by atoms with van der Waals surface area (Å²) < 4.78 is 38.3. The van der Waals surface area contributed by atoms with Gasteiger partial charge in [-0.3, -0.25) is 0 Å². The molecule has 0 saturated carbocycles. The average Bonchev–Trinajstić information content (AvgIpc) is 2.27. The molecule has 0 heterocycles. The third kappa shape index (κ3) is 2.99. The van der Waals surface area contributed by atoms with Gasteiger partial charge in [-0.05, 0) is 24.1 Å². The highest BCUT2D eigenvalue weighted by molar-refractivity contribution is 5.90. The van der Waals surface area contributed by atoms with Gasteiger partial charge in [-0.1, -0.05) is 6.07 Å². The summed E-state index contributed by atoms with van der Waals surface area (Å²) in [5.41, 5.74) is 3.45. The van der Waals surface area contributed by atoms with Crippen LogP contribution in [0.25, 0.3) is 0 Å². The molecule has 4 N–H and O–H groups in total. The van der Waals surface area contributed by atoms with Gasteiger partial charge in [0.1, 0.15) is 0 Å². The molecule has 0 aliphatic heterocycles. The molecule has 0 saturated heterocycles. The van der Waals surface area contributed by atoms with Gasteiger partial charge >= 0.3 is 12.1 Å². The zero-order valence-corrected chi connectivity index (χ0v) is 9.24. The Morgan fingerprint density at radius 1 is 1.39 bits per heavy atom. The molecule has 1 aromatic carbocycles. The highest BCUT2D eigenvalue weighted by Crippen LogP contribution is 2.36. The molecule has 1 atom stereocenters. The number of aliphatic hydroxyl groups excluding tert-OH is 1. The van der Waals surface area contributed by atoms with E-state index < -0.39 is 41.5 Å². The van der Waals surface area contributed by atoms with Crippen LogP contribution in [-0.2, 0) is 6.18 Å². The lowest BCUT2D eigenvalue weighted by atomic mass is 9.93. The maximum Gasteiger partial charge on any atom is 0.416 e. The Labute approximate surface area is 101 Å². The molecule has 0 unspecified atom stereocenters. The number of benzene rings is 1. The van der Waals surface area contributed by atoms with Crippen molar-refractivity contribution in [1.29, 1.82) is 0 Å². The molecule has 4 nitrogen and oxygen atoms in total. The standard InChI is InChI=1S/C11H12F3NO3/c12-11(13,14)7-3-1-2-6(10(17)18)9(7)8(15)4-5-16/h1-3,8,16H,4-5,15H2,(H,17,18)/t8-/m0/s1. The van der Waals surface area contributed by atoms with Crippen LogP contribution >= 0.6 is 0 Å². The molecule has 100 valence electrons. The minimum atomic E-state index is -4.69. The summed E-state index contributed by atoms with van der Waals surface area (Å²) in [6.07, 6.45) is -4.83. The number of aromatic carboxylic acids is 1. The molecular weight excluding hydrogens is 251 g/mol. The Hall–Kier alpha value is -1.60. The predicted octanol–water partition coefficient (Wildman–Crippen LogP) is 1.79. The van der Waals surface area contributed by atoms with Crippen molar-refractivity contribution in [2.75, 3.05) is 6.61 Å². The van der Waals surface area contributed by atoms with E-state index in [0.29, 0.717) is 0 Å². The molecule has 0 aliphatic rings. The third-order valence-electron chi connectivity index (χ3n) is 2.45. The van der Waals surface area contributed by atoms with Gasteiger partial charge in [0.25, 0.3) is 0 Å². The summed E-state index contributed by atoms with van der Waals surface area (Å²) in [6.45, 7) is -0.424. The van der Waals surface area contributed by atoms with E-state index in [4.69, 9.17) is 15.9 Å². The Morgan fingerprint density at radius 3 is 2.44 bits per heavy atom. The summed E-state index contributed by atoms with van der Waals surface area (Å²) >= 11 is 0. The van der Waals surface area contributed by atoms with Crippen molar-refractivity contribution in [3.8, 4) is 0 Å². The fourth-order valence-electron chi connectivity index (χ4n) is 1.68.